The first-order chi connectivity index (χ1) is 14.1. The lowest BCUT2D eigenvalue weighted by atomic mass is 10.1. The van der Waals surface area contributed by atoms with Crippen LogP contribution in [-0.2, 0) is 22.6 Å². The molecule has 0 radical (unpaired) electrons. The molecule has 6 nitrogen and oxygen atoms in total. The van der Waals surface area contributed by atoms with Gasteiger partial charge in [0.2, 0.25) is 0 Å². The van der Waals surface area contributed by atoms with E-state index >= 15 is 0 Å². The molecule has 1 heterocycles. The maximum atomic E-state index is 12.4. The van der Waals surface area contributed by atoms with Gasteiger partial charge in [-0.05, 0) is 30.5 Å². The van der Waals surface area contributed by atoms with Gasteiger partial charge in [-0.15, -0.1) is 0 Å². The number of fused-ring (bicyclic) bond motifs is 1. The summed E-state index contributed by atoms with van der Waals surface area (Å²) in [6, 6.07) is 19.1. The number of carboxylic acids is 1. The third kappa shape index (κ3) is 5.11. The molecular weight excluding hydrogens is 366 g/mol. The van der Waals surface area contributed by atoms with Crippen molar-refractivity contribution in [2.75, 3.05) is 6.54 Å². The van der Waals surface area contributed by atoms with E-state index in [1.165, 1.54) is 16.2 Å². The number of carbonyl (C=O) groups is 2. The van der Waals surface area contributed by atoms with E-state index in [9.17, 15) is 20.0 Å². The lowest BCUT2D eigenvalue weighted by Crippen LogP contribution is -2.27. The average molecular weight is 386 g/mol. The summed E-state index contributed by atoms with van der Waals surface area (Å²) in [6.45, 7) is 0.154. The van der Waals surface area contributed by atoms with Crippen LogP contribution in [-0.4, -0.2) is 23.0 Å². The van der Waals surface area contributed by atoms with Crippen LogP contribution in [0.4, 0.5) is 0 Å². The number of aromatic nitrogens is 1. The Kier molecular flexibility index (Phi) is 6.43. The second kappa shape index (κ2) is 9.38. The second-order valence-corrected chi connectivity index (χ2v) is 6.62. The lowest BCUT2D eigenvalue weighted by Gasteiger charge is -2.05. The number of rotatable bonds is 8. The fourth-order valence-corrected chi connectivity index (χ4v) is 3.20. The Hall–Kier alpha value is -3.85. The van der Waals surface area contributed by atoms with E-state index in [4.69, 9.17) is 0 Å². The first-order valence-electron chi connectivity index (χ1n) is 9.30. The molecule has 0 spiro atoms. The summed E-state index contributed by atoms with van der Waals surface area (Å²) in [5.74, 6) is -1.66. The van der Waals surface area contributed by atoms with E-state index in [1.807, 2.05) is 48.5 Å². The van der Waals surface area contributed by atoms with Crippen molar-refractivity contribution in [1.29, 1.82) is 5.26 Å². The number of carbonyl (C=O) groups excluding carboxylic acids is 2. The van der Waals surface area contributed by atoms with Crippen LogP contribution in [0.15, 0.2) is 66.4 Å². The fourth-order valence-electron chi connectivity index (χ4n) is 3.20. The van der Waals surface area contributed by atoms with E-state index < -0.39 is 11.9 Å². The molecule has 2 aromatic carbocycles. The minimum atomic E-state index is -1.21. The third-order valence-corrected chi connectivity index (χ3v) is 4.55. The van der Waals surface area contributed by atoms with E-state index in [-0.39, 0.29) is 12.1 Å². The predicted molar refractivity (Wildman–Crippen MR) is 108 cm³/mol. The van der Waals surface area contributed by atoms with Crippen molar-refractivity contribution in [3.8, 4) is 6.07 Å². The third-order valence-electron chi connectivity index (χ3n) is 4.55. The number of hydrogen-bond acceptors (Lipinski definition) is 4. The molecule has 0 aliphatic rings. The number of benzene rings is 2. The van der Waals surface area contributed by atoms with Crippen LogP contribution in [0, 0.1) is 11.3 Å². The number of nitriles is 1. The summed E-state index contributed by atoms with van der Waals surface area (Å²) < 4.78 is 1.53. The van der Waals surface area contributed by atoms with Crippen molar-refractivity contribution >= 4 is 28.9 Å². The summed E-state index contributed by atoms with van der Waals surface area (Å²) in [5, 5.41) is 24.0. The van der Waals surface area contributed by atoms with E-state index in [0.717, 1.165) is 18.2 Å². The summed E-state index contributed by atoms with van der Waals surface area (Å²) >= 11 is 0. The van der Waals surface area contributed by atoms with Crippen molar-refractivity contribution in [3.63, 3.8) is 0 Å². The van der Waals surface area contributed by atoms with Crippen LogP contribution in [0.2, 0.25) is 0 Å². The normalized spacial score (nSPS) is 11.2. The lowest BCUT2D eigenvalue weighted by molar-refractivity contribution is -0.306. The van der Waals surface area contributed by atoms with E-state index in [2.05, 4.69) is 5.32 Å². The molecule has 0 aliphatic carbocycles. The Morgan fingerprint density at radius 2 is 1.83 bits per heavy atom. The molecule has 6 heteroatoms. The minimum Gasteiger partial charge on any atom is -0.548 e. The largest absolute Gasteiger partial charge is 0.548 e. The molecule has 0 saturated carbocycles. The Balaban J connectivity index is 1.71. The average Bonchev–Trinajstić information content (AvgIpc) is 3.07. The highest BCUT2D eigenvalue weighted by Gasteiger charge is 2.12. The van der Waals surface area contributed by atoms with Gasteiger partial charge in [0.1, 0.15) is 11.6 Å². The van der Waals surface area contributed by atoms with Crippen molar-refractivity contribution in [1.82, 2.24) is 9.88 Å². The van der Waals surface area contributed by atoms with Crippen LogP contribution in [0.25, 0.3) is 17.0 Å². The van der Waals surface area contributed by atoms with Crippen LogP contribution in [0.1, 0.15) is 17.5 Å². The monoisotopic (exact) mass is 386 g/mol. The summed E-state index contributed by atoms with van der Waals surface area (Å²) in [7, 11) is 0. The number of carboxylic acid groups (broad SMARTS) is 1. The smallest absolute Gasteiger partial charge is 0.261 e. The number of nitrogens with one attached hydrogen (secondary N) is 1. The minimum absolute atomic E-state index is 0.0268. The highest BCUT2D eigenvalue weighted by molar-refractivity contribution is 6.04. The molecule has 0 atom stereocenters. The standard InChI is InChI=1S/C23H21N3O3/c24-14-18(23(29)25-12-6-9-17-7-2-1-3-8-17)13-19-15-26(16-22(27)28)21-11-5-4-10-20(19)21/h1-5,7-8,10-11,13,15H,6,9,12,16H2,(H,25,29)(H,27,28)/p-1/b18-13-. The number of aryl methyl sites for hydroxylation is 1. The number of nitrogens with zero attached hydrogens (tertiary/aromatic N) is 2. The zero-order valence-corrected chi connectivity index (χ0v) is 15.8. The molecule has 0 aliphatic heterocycles. The van der Waals surface area contributed by atoms with Crippen molar-refractivity contribution < 1.29 is 14.7 Å². The van der Waals surface area contributed by atoms with Crippen LogP contribution in [0.5, 0.6) is 0 Å². The van der Waals surface area contributed by atoms with Gasteiger partial charge in [-0.25, -0.2) is 0 Å². The zero-order chi connectivity index (χ0) is 20.6. The van der Waals surface area contributed by atoms with Gasteiger partial charge < -0.3 is 19.8 Å². The van der Waals surface area contributed by atoms with Crippen molar-refractivity contribution in [3.05, 3.63) is 77.5 Å². The number of amides is 1. The molecule has 0 unspecified atom stereocenters. The number of aliphatic carboxylic acids is 1. The van der Waals surface area contributed by atoms with Crippen LogP contribution < -0.4 is 10.4 Å². The maximum absolute atomic E-state index is 12.4. The summed E-state index contributed by atoms with van der Waals surface area (Å²) in [4.78, 5) is 23.4. The predicted octanol–water partition coefficient (Wildman–Crippen LogP) is 2.05. The molecule has 1 aromatic heterocycles. The molecule has 29 heavy (non-hydrogen) atoms. The highest BCUT2D eigenvalue weighted by Crippen LogP contribution is 2.23. The molecule has 1 N–H and O–H groups in total. The summed E-state index contributed by atoms with van der Waals surface area (Å²) in [6.07, 6.45) is 4.70. The first-order valence-corrected chi connectivity index (χ1v) is 9.30. The van der Waals surface area contributed by atoms with Gasteiger partial charge >= 0.3 is 0 Å². The SMILES string of the molecule is N#C/C(=C/c1cn(CC(=O)[O-])c2ccccc12)C(=O)NCCCc1ccccc1. The Labute approximate surface area is 168 Å². The first kappa shape index (κ1) is 19.9. The highest BCUT2D eigenvalue weighted by atomic mass is 16.4. The quantitative estimate of drug-likeness (QED) is 0.364. The summed E-state index contributed by atoms with van der Waals surface area (Å²) in [5.41, 5.74) is 2.47. The van der Waals surface area contributed by atoms with Gasteiger partial charge in [0.05, 0.1) is 12.5 Å². The van der Waals surface area contributed by atoms with Crippen LogP contribution in [0.3, 0.4) is 0 Å². The molecule has 0 bridgehead atoms. The van der Waals surface area contributed by atoms with Gasteiger partial charge in [0.15, 0.2) is 0 Å². The number of para-hydroxylation sites is 1. The molecule has 0 fully saturated rings. The van der Waals surface area contributed by atoms with Crippen molar-refractivity contribution in [2.24, 2.45) is 0 Å². The van der Waals surface area contributed by atoms with Gasteiger partial charge in [-0.3, -0.25) is 4.79 Å². The van der Waals surface area contributed by atoms with E-state index in [0.29, 0.717) is 17.6 Å². The van der Waals surface area contributed by atoms with E-state index in [1.54, 1.807) is 18.3 Å². The topological polar surface area (TPSA) is 97.9 Å². The van der Waals surface area contributed by atoms with Gasteiger partial charge in [0.25, 0.3) is 5.91 Å². The second-order valence-electron chi connectivity index (χ2n) is 6.62. The van der Waals surface area contributed by atoms with Crippen LogP contribution >= 0.6 is 0 Å². The number of hydrogen-bond donors (Lipinski definition) is 1. The Morgan fingerprint density at radius 3 is 2.55 bits per heavy atom. The zero-order valence-electron chi connectivity index (χ0n) is 15.8. The molecule has 0 saturated heterocycles. The molecular formula is C23H20N3O3-. The molecule has 3 aromatic rings. The molecule has 1 amide bonds. The molecule has 3 rings (SSSR count). The Bertz CT molecular complexity index is 1090. The van der Waals surface area contributed by atoms with Gasteiger partial charge in [0, 0.05) is 29.2 Å². The fraction of sp³-hybridized carbons (Fsp3) is 0.174. The Morgan fingerprint density at radius 1 is 1.10 bits per heavy atom. The molecule has 146 valence electrons. The van der Waals surface area contributed by atoms with Gasteiger partial charge in [-0.2, -0.15) is 5.26 Å². The maximum Gasteiger partial charge on any atom is 0.261 e. The van der Waals surface area contributed by atoms with Gasteiger partial charge in [-0.1, -0.05) is 48.5 Å². The van der Waals surface area contributed by atoms with Crippen molar-refractivity contribution in [2.45, 2.75) is 19.4 Å².